The fourth-order valence-corrected chi connectivity index (χ4v) is 4.69. The van der Waals surface area contributed by atoms with Gasteiger partial charge in [-0.1, -0.05) is 25.0 Å². The van der Waals surface area contributed by atoms with Crippen molar-refractivity contribution in [2.24, 2.45) is 5.92 Å². The van der Waals surface area contributed by atoms with Gasteiger partial charge in [-0.25, -0.2) is 0 Å². The Morgan fingerprint density at radius 1 is 1.03 bits per heavy atom. The molecule has 0 radical (unpaired) electrons. The zero-order valence-corrected chi connectivity index (χ0v) is 17.8. The number of hydrogen-bond acceptors (Lipinski definition) is 3. The molecule has 4 heteroatoms. The Labute approximate surface area is 175 Å². The maximum Gasteiger partial charge on any atom is 0.219 e. The quantitative estimate of drug-likeness (QED) is 0.525. The number of aryl methyl sites for hydroxylation is 2. The summed E-state index contributed by atoms with van der Waals surface area (Å²) in [6.45, 7) is 2.67. The highest BCUT2D eigenvalue weighted by Gasteiger charge is 2.26. The largest absolute Gasteiger partial charge is 0.340 e. The van der Waals surface area contributed by atoms with E-state index in [0.717, 1.165) is 38.1 Å². The lowest BCUT2D eigenvalue weighted by Crippen LogP contribution is -2.33. The predicted molar refractivity (Wildman–Crippen MR) is 117 cm³/mol. The fraction of sp³-hybridized carbons (Fsp3) is 0.560. The lowest BCUT2D eigenvalue weighted by molar-refractivity contribution is -0.129. The van der Waals surface area contributed by atoms with Gasteiger partial charge in [0.05, 0.1) is 0 Å². The molecule has 1 fully saturated rings. The van der Waals surface area contributed by atoms with Gasteiger partial charge >= 0.3 is 0 Å². The van der Waals surface area contributed by atoms with Crippen LogP contribution in [0.4, 0.5) is 0 Å². The molecule has 2 aromatic heterocycles. The zero-order chi connectivity index (χ0) is 20.3. The number of rotatable bonds is 11. The van der Waals surface area contributed by atoms with E-state index in [1.54, 1.807) is 6.92 Å². The van der Waals surface area contributed by atoms with Crippen molar-refractivity contribution in [1.29, 1.82) is 0 Å². The van der Waals surface area contributed by atoms with E-state index in [9.17, 15) is 4.79 Å². The third-order valence-corrected chi connectivity index (χ3v) is 6.29. The maximum atomic E-state index is 11.9. The summed E-state index contributed by atoms with van der Waals surface area (Å²) in [6, 6.07) is 8.86. The first-order chi connectivity index (χ1) is 14.2. The van der Waals surface area contributed by atoms with Crippen molar-refractivity contribution in [3.8, 4) is 0 Å². The van der Waals surface area contributed by atoms with Crippen LogP contribution in [0.1, 0.15) is 69.4 Å². The van der Waals surface area contributed by atoms with Crippen LogP contribution in [0.25, 0.3) is 0 Å². The van der Waals surface area contributed by atoms with Gasteiger partial charge in [-0.2, -0.15) is 0 Å². The van der Waals surface area contributed by atoms with Crippen LogP contribution in [0.5, 0.6) is 0 Å². The topological polar surface area (TPSA) is 46.1 Å². The first-order valence-corrected chi connectivity index (χ1v) is 11.3. The number of likely N-dealkylation sites (tertiary alicyclic amines) is 1. The maximum absolute atomic E-state index is 11.9. The number of nitrogens with zero attached hydrogens (tertiary/aromatic N) is 3. The Kier molecular flexibility index (Phi) is 8.66. The summed E-state index contributed by atoms with van der Waals surface area (Å²) in [5, 5.41) is 0. The van der Waals surface area contributed by atoms with Gasteiger partial charge in [0.2, 0.25) is 5.91 Å². The first-order valence-electron chi connectivity index (χ1n) is 11.3. The molecule has 0 saturated carbocycles. The summed E-state index contributed by atoms with van der Waals surface area (Å²) in [7, 11) is 0. The van der Waals surface area contributed by atoms with Crippen molar-refractivity contribution >= 4 is 5.91 Å². The lowest BCUT2D eigenvalue weighted by atomic mass is 9.88. The van der Waals surface area contributed by atoms with E-state index >= 15 is 0 Å². The Morgan fingerprint density at radius 3 is 2.17 bits per heavy atom. The van der Waals surface area contributed by atoms with E-state index in [4.69, 9.17) is 0 Å². The predicted octanol–water partition coefficient (Wildman–Crippen LogP) is 5.23. The lowest BCUT2D eigenvalue weighted by Gasteiger charge is -2.25. The highest BCUT2D eigenvalue weighted by molar-refractivity contribution is 5.73. The van der Waals surface area contributed by atoms with Crippen molar-refractivity contribution < 1.29 is 4.79 Å². The summed E-state index contributed by atoms with van der Waals surface area (Å²) in [4.78, 5) is 22.4. The minimum absolute atomic E-state index is 0.247. The highest BCUT2D eigenvalue weighted by Crippen LogP contribution is 2.27. The average Bonchev–Trinajstić information content (AvgIpc) is 3.22. The number of aromatic nitrogens is 2. The second-order valence-corrected chi connectivity index (χ2v) is 8.46. The Morgan fingerprint density at radius 2 is 1.66 bits per heavy atom. The molecule has 0 bridgehead atoms. The minimum atomic E-state index is 0.247. The zero-order valence-electron chi connectivity index (χ0n) is 17.8. The Hall–Kier alpha value is -2.23. The SMILES string of the molecule is CC(=O)N1CCC[C@H]1CCC(CCCc1cccnc1)CCCc1cccnc1. The first kappa shape index (κ1) is 21.5. The van der Waals surface area contributed by atoms with E-state index in [0.29, 0.717) is 6.04 Å². The molecule has 1 amide bonds. The van der Waals surface area contributed by atoms with Gasteiger partial charge in [-0.15, -0.1) is 0 Å². The van der Waals surface area contributed by atoms with E-state index < -0.39 is 0 Å². The number of pyridine rings is 2. The van der Waals surface area contributed by atoms with E-state index in [-0.39, 0.29) is 5.91 Å². The van der Waals surface area contributed by atoms with Crippen molar-refractivity contribution in [2.45, 2.75) is 77.2 Å². The van der Waals surface area contributed by atoms with Gasteiger partial charge in [0.15, 0.2) is 0 Å². The molecule has 1 aliphatic rings. The molecule has 0 unspecified atom stereocenters. The van der Waals surface area contributed by atoms with Gasteiger partial charge in [0, 0.05) is 44.3 Å². The molecule has 0 spiro atoms. The van der Waals surface area contributed by atoms with Crippen LogP contribution in [0.3, 0.4) is 0 Å². The van der Waals surface area contributed by atoms with Gasteiger partial charge in [0.25, 0.3) is 0 Å². The standard InChI is InChI=1S/C25H35N3O/c1-21(29)28-18-6-13-25(28)15-14-22(7-2-9-23-11-4-16-26-19-23)8-3-10-24-12-5-17-27-20-24/h4-5,11-12,16-17,19-20,22,25H,2-3,6-10,13-15,18H2,1H3/t25-/m0/s1. The summed E-state index contributed by atoms with van der Waals surface area (Å²) in [6.07, 6.45) is 19.5. The molecular weight excluding hydrogens is 358 g/mol. The monoisotopic (exact) mass is 393 g/mol. The summed E-state index contributed by atoms with van der Waals surface area (Å²) in [5.41, 5.74) is 2.67. The Balaban J connectivity index is 1.48. The van der Waals surface area contributed by atoms with E-state index in [2.05, 4.69) is 27.0 Å². The molecule has 1 atom stereocenters. The van der Waals surface area contributed by atoms with Crippen LogP contribution in [0, 0.1) is 5.92 Å². The second kappa shape index (κ2) is 11.7. The van der Waals surface area contributed by atoms with Crippen LogP contribution in [-0.2, 0) is 17.6 Å². The third kappa shape index (κ3) is 7.26. The van der Waals surface area contributed by atoms with Crippen LogP contribution < -0.4 is 0 Å². The molecule has 156 valence electrons. The van der Waals surface area contributed by atoms with Crippen LogP contribution in [0.2, 0.25) is 0 Å². The molecular formula is C25H35N3O. The molecule has 3 heterocycles. The van der Waals surface area contributed by atoms with Crippen molar-refractivity contribution in [3.05, 3.63) is 60.2 Å². The van der Waals surface area contributed by atoms with E-state index in [1.165, 1.54) is 49.7 Å². The second-order valence-electron chi connectivity index (χ2n) is 8.46. The molecule has 0 N–H and O–H groups in total. The molecule has 0 aromatic carbocycles. The van der Waals surface area contributed by atoms with Gasteiger partial charge in [0.1, 0.15) is 0 Å². The van der Waals surface area contributed by atoms with Crippen molar-refractivity contribution in [3.63, 3.8) is 0 Å². The molecule has 4 nitrogen and oxygen atoms in total. The molecule has 2 aromatic rings. The molecule has 0 aliphatic carbocycles. The average molecular weight is 394 g/mol. The number of amides is 1. The van der Waals surface area contributed by atoms with Crippen LogP contribution >= 0.6 is 0 Å². The van der Waals surface area contributed by atoms with Gasteiger partial charge < -0.3 is 4.90 Å². The molecule has 1 aliphatic heterocycles. The summed E-state index contributed by atoms with van der Waals surface area (Å²) >= 11 is 0. The molecule has 29 heavy (non-hydrogen) atoms. The number of carbonyl (C=O) groups excluding carboxylic acids is 1. The van der Waals surface area contributed by atoms with Gasteiger partial charge in [-0.3, -0.25) is 14.8 Å². The third-order valence-electron chi connectivity index (χ3n) is 6.29. The van der Waals surface area contributed by atoms with Crippen LogP contribution in [0.15, 0.2) is 49.1 Å². The minimum Gasteiger partial charge on any atom is -0.340 e. The molecule has 1 saturated heterocycles. The van der Waals surface area contributed by atoms with Crippen molar-refractivity contribution in [2.75, 3.05) is 6.54 Å². The Bertz CT molecular complexity index is 674. The van der Waals surface area contributed by atoms with E-state index in [1.807, 2.05) is 36.9 Å². The van der Waals surface area contributed by atoms with Crippen molar-refractivity contribution in [1.82, 2.24) is 14.9 Å². The van der Waals surface area contributed by atoms with Crippen LogP contribution in [-0.4, -0.2) is 33.4 Å². The number of hydrogen-bond donors (Lipinski definition) is 0. The van der Waals surface area contributed by atoms with Gasteiger partial charge in [-0.05, 0) is 80.5 Å². The number of carbonyl (C=O) groups is 1. The molecule has 3 rings (SSSR count). The summed E-state index contributed by atoms with van der Waals surface area (Å²) < 4.78 is 0. The highest BCUT2D eigenvalue weighted by atomic mass is 16.2. The normalized spacial score (nSPS) is 16.5. The fourth-order valence-electron chi connectivity index (χ4n) is 4.69. The smallest absolute Gasteiger partial charge is 0.219 e. The summed E-state index contributed by atoms with van der Waals surface area (Å²) in [5.74, 6) is 0.981.